The standard InChI is InChI=1S/C15H16N4S/c16-14(20)13-7-8-17-15(19-13)18-12-6-5-10-3-1-2-4-11(10)9-12/h1-4,7-8,12H,5-6,9H2,(H2,16,20)(H,17,18,19). The van der Waals surface area contributed by atoms with E-state index in [2.05, 4.69) is 39.6 Å². The molecule has 0 spiro atoms. The Bertz CT molecular complexity index is 641. The van der Waals surface area contributed by atoms with Gasteiger partial charge in [0.2, 0.25) is 5.95 Å². The molecule has 0 amide bonds. The van der Waals surface area contributed by atoms with Crippen molar-refractivity contribution in [3.05, 3.63) is 53.3 Å². The molecule has 0 saturated carbocycles. The lowest BCUT2D eigenvalue weighted by Crippen LogP contribution is -2.28. The highest BCUT2D eigenvalue weighted by Gasteiger charge is 2.18. The van der Waals surface area contributed by atoms with Crippen LogP contribution in [0.3, 0.4) is 0 Å². The fourth-order valence-corrected chi connectivity index (χ4v) is 2.68. The minimum absolute atomic E-state index is 0.296. The lowest BCUT2D eigenvalue weighted by molar-refractivity contribution is 0.606. The van der Waals surface area contributed by atoms with E-state index in [0.29, 0.717) is 22.7 Å². The van der Waals surface area contributed by atoms with Gasteiger partial charge in [-0.15, -0.1) is 0 Å². The van der Waals surface area contributed by atoms with Gasteiger partial charge in [-0.05, 0) is 36.5 Å². The Morgan fingerprint density at radius 1 is 1.25 bits per heavy atom. The molecule has 0 saturated heterocycles. The summed E-state index contributed by atoms with van der Waals surface area (Å²) in [4.78, 5) is 8.86. The van der Waals surface area contributed by atoms with Gasteiger partial charge in [0.25, 0.3) is 0 Å². The molecular formula is C15H16N4S. The maximum atomic E-state index is 5.59. The molecular weight excluding hydrogens is 268 g/mol. The molecule has 3 rings (SSSR count). The summed E-state index contributed by atoms with van der Waals surface area (Å²) in [5.41, 5.74) is 9.05. The van der Waals surface area contributed by atoms with E-state index in [9.17, 15) is 0 Å². The van der Waals surface area contributed by atoms with E-state index >= 15 is 0 Å². The van der Waals surface area contributed by atoms with Crippen LogP contribution in [0.4, 0.5) is 5.95 Å². The van der Waals surface area contributed by atoms with Gasteiger partial charge in [0.1, 0.15) is 10.7 Å². The van der Waals surface area contributed by atoms with Gasteiger partial charge in [-0.2, -0.15) is 0 Å². The summed E-state index contributed by atoms with van der Waals surface area (Å²) < 4.78 is 0. The molecule has 1 atom stereocenters. The number of nitrogens with one attached hydrogen (secondary N) is 1. The van der Waals surface area contributed by atoms with Crippen molar-refractivity contribution in [1.29, 1.82) is 0 Å². The number of rotatable bonds is 3. The molecule has 1 aliphatic rings. The van der Waals surface area contributed by atoms with Gasteiger partial charge in [-0.3, -0.25) is 0 Å². The van der Waals surface area contributed by atoms with Crippen LogP contribution in [0, 0.1) is 0 Å². The molecule has 0 aliphatic heterocycles. The van der Waals surface area contributed by atoms with E-state index < -0.39 is 0 Å². The predicted molar refractivity (Wildman–Crippen MR) is 83.8 cm³/mol. The molecule has 0 radical (unpaired) electrons. The van der Waals surface area contributed by atoms with Crippen molar-refractivity contribution in [1.82, 2.24) is 9.97 Å². The first-order valence-corrected chi connectivity index (χ1v) is 7.09. The van der Waals surface area contributed by atoms with Gasteiger partial charge in [0.05, 0.1) is 0 Å². The summed E-state index contributed by atoms with van der Waals surface area (Å²) in [6, 6.07) is 10.7. The van der Waals surface area contributed by atoms with Crippen LogP contribution in [0.25, 0.3) is 0 Å². The number of thiocarbonyl (C=S) groups is 1. The molecule has 3 N–H and O–H groups in total. The van der Waals surface area contributed by atoms with Gasteiger partial charge >= 0.3 is 0 Å². The van der Waals surface area contributed by atoms with E-state index in [1.165, 1.54) is 11.1 Å². The van der Waals surface area contributed by atoms with Gasteiger partial charge in [0, 0.05) is 12.2 Å². The molecule has 2 aromatic rings. The van der Waals surface area contributed by atoms with Crippen molar-refractivity contribution in [3.63, 3.8) is 0 Å². The monoisotopic (exact) mass is 284 g/mol. The fourth-order valence-electron chi connectivity index (χ4n) is 2.57. The Morgan fingerprint density at radius 2 is 2.05 bits per heavy atom. The van der Waals surface area contributed by atoms with Crippen LogP contribution in [0.5, 0.6) is 0 Å². The molecule has 20 heavy (non-hydrogen) atoms. The average Bonchev–Trinajstić information content (AvgIpc) is 2.47. The number of aromatic nitrogens is 2. The van der Waals surface area contributed by atoms with Crippen molar-refractivity contribution in [2.75, 3.05) is 5.32 Å². The van der Waals surface area contributed by atoms with E-state index in [1.54, 1.807) is 12.3 Å². The zero-order chi connectivity index (χ0) is 13.9. The largest absolute Gasteiger partial charge is 0.388 e. The van der Waals surface area contributed by atoms with Crippen LogP contribution in [0.2, 0.25) is 0 Å². The van der Waals surface area contributed by atoms with Gasteiger partial charge < -0.3 is 11.1 Å². The zero-order valence-electron chi connectivity index (χ0n) is 11.0. The highest BCUT2D eigenvalue weighted by Crippen LogP contribution is 2.22. The number of aryl methyl sites for hydroxylation is 1. The third-order valence-electron chi connectivity index (χ3n) is 3.59. The first-order valence-electron chi connectivity index (χ1n) is 6.68. The van der Waals surface area contributed by atoms with Crippen molar-refractivity contribution in [2.45, 2.75) is 25.3 Å². The number of nitrogens with zero attached hydrogens (tertiary/aromatic N) is 2. The summed E-state index contributed by atoms with van der Waals surface area (Å²) in [5, 5.41) is 3.38. The Morgan fingerprint density at radius 3 is 2.85 bits per heavy atom. The third kappa shape index (κ3) is 2.77. The second-order valence-electron chi connectivity index (χ2n) is 4.98. The lowest BCUT2D eigenvalue weighted by Gasteiger charge is -2.25. The number of fused-ring (bicyclic) bond motifs is 1. The number of benzene rings is 1. The van der Waals surface area contributed by atoms with Crippen molar-refractivity contribution >= 4 is 23.2 Å². The first-order chi connectivity index (χ1) is 9.72. The molecule has 0 bridgehead atoms. The van der Waals surface area contributed by atoms with Crippen LogP contribution in [-0.4, -0.2) is 21.0 Å². The highest BCUT2D eigenvalue weighted by molar-refractivity contribution is 7.80. The number of nitrogens with two attached hydrogens (primary N) is 1. The normalized spacial score (nSPS) is 17.3. The minimum Gasteiger partial charge on any atom is -0.388 e. The Labute approximate surface area is 123 Å². The van der Waals surface area contributed by atoms with E-state index in [4.69, 9.17) is 18.0 Å². The minimum atomic E-state index is 0.296. The van der Waals surface area contributed by atoms with E-state index in [-0.39, 0.29) is 0 Å². The number of hydrogen-bond donors (Lipinski definition) is 2. The summed E-state index contributed by atoms with van der Waals surface area (Å²) in [6.45, 7) is 0. The topological polar surface area (TPSA) is 63.8 Å². The molecule has 0 fully saturated rings. The first kappa shape index (κ1) is 13.0. The molecule has 102 valence electrons. The molecule has 1 aromatic carbocycles. The smallest absolute Gasteiger partial charge is 0.223 e. The Kier molecular flexibility index (Phi) is 3.60. The predicted octanol–water partition coefficient (Wildman–Crippen LogP) is 2.08. The Balaban J connectivity index is 1.73. The number of hydrogen-bond acceptors (Lipinski definition) is 4. The third-order valence-corrected chi connectivity index (χ3v) is 3.80. The summed E-state index contributed by atoms with van der Waals surface area (Å²) in [5.74, 6) is 0.597. The second kappa shape index (κ2) is 5.54. The van der Waals surface area contributed by atoms with Gasteiger partial charge in [0.15, 0.2) is 0 Å². The van der Waals surface area contributed by atoms with Gasteiger partial charge in [-0.25, -0.2) is 9.97 Å². The zero-order valence-corrected chi connectivity index (χ0v) is 11.9. The number of anilines is 1. The van der Waals surface area contributed by atoms with Crippen LogP contribution < -0.4 is 11.1 Å². The molecule has 1 unspecified atom stereocenters. The summed E-state index contributed by atoms with van der Waals surface area (Å²) in [6.07, 6.45) is 4.85. The van der Waals surface area contributed by atoms with Crippen LogP contribution in [0.15, 0.2) is 36.5 Å². The Hall–Kier alpha value is -2.01. The quantitative estimate of drug-likeness (QED) is 0.845. The second-order valence-corrected chi connectivity index (χ2v) is 5.42. The molecule has 1 aliphatic carbocycles. The molecule has 1 aromatic heterocycles. The van der Waals surface area contributed by atoms with Gasteiger partial charge in [-0.1, -0.05) is 36.5 Å². The highest BCUT2D eigenvalue weighted by atomic mass is 32.1. The van der Waals surface area contributed by atoms with E-state index in [1.807, 2.05) is 0 Å². The van der Waals surface area contributed by atoms with Crippen molar-refractivity contribution in [3.8, 4) is 0 Å². The molecule has 5 heteroatoms. The van der Waals surface area contributed by atoms with Crippen molar-refractivity contribution < 1.29 is 0 Å². The van der Waals surface area contributed by atoms with Crippen molar-refractivity contribution in [2.24, 2.45) is 5.73 Å². The average molecular weight is 284 g/mol. The maximum Gasteiger partial charge on any atom is 0.223 e. The van der Waals surface area contributed by atoms with E-state index in [0.717, 1.165) is 19.3 Å². The maximum absolute atomic E-state index is 5.59. The molecule has 4 nitrogen and oxygen atoms in total. The summed E-state index contributed by atoms with van der Waals surface area (Å²) >= 11 is 4.94. The molecule has 1 heterocycles. The van der Waals surface area contributed by atoms with Crippen LogP contribution in [0.1, 0.15) is 23.2 Å². The fraction of sp³-hybridized carbons (Fsp3) is 0.267. The summed E-state index contributed by atoms with van der Waals surface area (Å²) in [7, 11) is 0. The van der Waals surface area contributed by atoms with Crippen LogP contribution >= 0.6 is 12.2 Å². The lowest BCUT2D eigenvalue weighted by atomic mass is 9.88. The van der Waals surface area contributed by atoms with Crippen LogP contribution in [-0.2, 0) is 12.8 Å². The SMILES string of the molecule is NC(=S)c1ccnc(NC2CCc3ccccc3C2)n1.